The minimum Gasteiger partial charge on any atom is -0.333 e. The molecule has 0 radical (unpaired) electrons. The van der Waals surface area contributed by atoms with Crippen molar-refractivity contribution in [3.05, 3.63) is 41.5 Å². The van der Waals surface area contributed by atoms with Crippen molar-refractivity contribution in [3.63, 3.8) is 0 Å². The van der Waals surface area contributed by atoms with Gasteiger partial charge < -0.3 is 4.57 Å². The number of rotatable bonds is 2. The summed E-state index contributed by atoms with van der Waals surface area (Å²) in [5.74, 6) is -0.735. The van der Waals surface area contributed by atoms with Crippen molar-refractivity contribution in [2.75, 3.05) is 0 Å². The van der Waals surface area contributed by atoms with Gasteiger partial charge in [-0.25, -0.2) is 9.37 Å². The Morgan fingerprint density at radius 2 is 1.95 bits per heavy atom. The van der Waals surface area contributed by atoms with Crippen LogP contribution in [0.25, 0.3) is 11.4 Å². The molecule has 0 bridgehead atoms. The first-order chi connectivity index (χ1) is 9.20. The molecule has 1 aromatic carbocycles. The first kappa shape index (κ1) is 14.8. The van der Waals surface area contributed by atoms with Gasteiger partial charge in [-0.15, -0.1) is 11.6 Å². The Morgan fingerprint density at radius 3 is 2.40 bits per heavy atom. The lowest BCUT2D eigenvalue weighted by atomic mass is 10.1. The van der Waals surface area contributed by atoms with Crippen molar-refractivity contribution >= 4 is 11.6 Å². The van der Waals surface area contributed by atoms with Crippen LogP contribution >= 0.6 is 11.6 Å². The molecule has 0 N–H and O–H groups in total. The molecule has 1 atom stereocenters. The summed E-state index contributed by atoms with van der Waals surface area (Å²) < 4.78 is 52.9. The fraction of sp³-hybridized carbons (Fsp3) is 0.308. The summed E-state index contributed by atoms with van der Waals surface area (Å²) in [7, 11) is 1.38. The first-order valence-corrected chi connectivity index (χ1v) is 6.18. The third-order valence-electron chi connectivity index (χ3n) is 2.86. The third-order valence-corrected chi connectivity index (χ3v) is 3.11. The smallest absolute Gasteiger partial charge is 0.333 e. The molecular formula is C13H11ClF4N2. The molecule has 2 aromatic rings. The van der Waals surface area contributed by atoms with E-state index in [4.69, 9.17) is 11.6 Å². The highest BCUT2D eigenvalue weighted by Gasteiger charge is 2.34. The molecule has 0 aliphatic heterocycles. The van der Waals surface area contributed by atoms with Gasteiger partial charge in [0.1, 0.15) is 11.6 Å². The summed E-state index contributed by atoms with van der Waals surface area (Å²) in [6.07, 6.45) is -3.73. The van der Waals surface area contributed by atoms with Crippen LogP contribution < -0.4 is 0 Å². The number of imidazole rings is 1. The van der Waals surface area contributed by atoms with Crippen molar-refractivity contribution in [2.24, 2.45) is 7.05 Å². The Bertz CT molecular complexity index is 632. The summed E-state index contributed by atoms with van der Waals surface area (Å²) in [5.41, 5.74) is -0.494. The van der Waals surface area contributed by atoms with Gasteiger partial charge in [0.15, 0.2) is 5.69 Å². The Morgan fingerprint density at radius 1 is 1.30 bits per heavy atom. The van der Waals surface area contributed by atoms with E-state index in [2.05, 4.69) is 4.98 Å². The zero-order valence-corrected chi connectivity index (χ0v) is 11.4. The van der Waals surface area contributed by atoms with Crippen molar-refractivity contribution in [1.29, 1.82) is 0 Å². The molecule has 7 heteroatoms. The van der Waals surface area contributed by atoms with E-state index in [-0.39, 0.29) is 16.8 Å². The van der Waals surface area contributed by atoms with Crippen LogP contribution in [0.15, 0.2) is 24.4 Å². The number of benzene rings is 1. The summed E-state index contributed by atoms with van der Waals surface area (Å²) in [4.78, 5) is 3.45. The van der Waals surface area contributed by atoms with Crippen LogP contribution in [0.1, 0.15) is 23.6 Å². The van der Waals surface area contributed by atoms with Gasteiger partial charge in [0, 0.05) is 13.2 Å². The second-order valence-corrected chi connectivity index (χ2v) is 5.07. The molecule has 108 valence electrons. The Kier molecular flexibility index (Phi) is 3.77. The van der Waals surface area contributed by atoms with E-state index < -0.39 is 17.7 Å². The lowest BCUT2D eigenvalue weighted by Gasteiger charge is -2.07. The SMILES string of the molecule is CC(Cl)c1ccc(-c2nc(C(F)(F)F)cn2C)c(F)c1. The molecule has 1 aromatic heterocycles. The molecular weight excluding hydrogens is 296 g/mol. The molecule has 0 spiro atoms. The normalized spacial score (nSPS) is 13.6. The second kappa shape index (κ2) is 5.09. The van der Waals surface area contributed by atoms with E-state index in [0.717, 1.165) is 10.8 Å². The van der Waals surface area contributed by atoms with E-state index in [1.54, 1.807) is 13.0 Å². The van der Waals surface area contributed by atoms with Gasteiger partial charge in [-0.05, 0) is 24.6 Å². The van der Waals surface area contributed by atoms with E-state index in [1.807, 2.05) is 0 Å². The number of aryl methyl sites for hydroxylation is 1. The standard InChI is InChI=1S/C13H11ClF4N2/c1-7(14)8-3-4-9(10(15)5-8)12-19-11(6-20(12)2)13(16,17)18/h3-7H,1-2H3. The lowest BCUT2D eigenvalue weighted by Crippen LogP contribution is -2.05. The fourth-order valence-corrected chi connectivity index (χ4v) is 1.95. The average Bonchev–Trinajstić information content (AvgIpc) is 2.71. The topological polar surface area (TPSA) is 17.8 Å². The van der Waals surface area contributed by atoms with Crippen LogP contribution in [0, 0.1) is 5.82 Å². The zero-order valence-electron chi connectivity index (χ0n) is 10.7. The largest absolute Gasteiger partial charge is 0.434 e. The summed E-state index contributed by atoms with van der Waals surface area (Å²) >= 11 is 5.83. The van der Waals surface area contributed by atoms with Gasteiger partial charge in [-0.1, -0.05) is 6.07 Å². The monoisotopic (exact) mass is 306 g/mol. The minimum absolute atomic E-state index is 0.00377. The van der Waals surface area contributed by atoms with E-state index in [0.29, 0.717) is 5.56 Å². The summed E-state index contributed by atoms with van der Waals surface area (Å²) in [5, 5.41) is -0.384. The summed E-state index contributed by atoms with van der Waals surface area (Å²) in [6, 6.07) is 4.15. The molecule has 0 amide bonds. The first-order valence-electron chi connectivity index (χ1n) is 5.74. The van der Waals surface area contributed by atoms with Crippen molar-refractivity contribution in [3.8, 4) is 11.4 Å². The molecule has 0 aliphatic carbocycles. The minimum atomic E-state index is -4.56. The Balaban J connectivity index is 2.50. The van der Waals surface area contributed by atoms with Gasteiger partial charge in [-0.2, -0.15) is 13.2 Å². The molecule has 0 fully saturated rings. The fourth-order valence-electron chi connectivity index (χ4n) is 1.81. The van der Waals surface area contributed by atoms with Crippen LogP contribution in [-0.2, 0) is 13.2 Å². The quantitative estimate of drug-likeness (QED) is 0.588. The predicted octanol–water partition coefficient (Wildman–Crippen LogP) is 4.54. The molecule has 0 aliphatic rings. The molecule has 1 heterocycles. The lowest BCUT2D eigenvalue weighted by molar-refractivity contribution is -0.140. The third kappa shape index (κ3) is 2.80. The van der Waals surface area contributed by atoms with Gasteiger partial charge >= 0.3 is 6.18 Å². The summed E-state index contributed by atoms with van der Waals surface area (Å²) in [6.45, 7) is 1.68. The van der Waals surface area contributed by atoms with E-state index in [1.165, 1.54) is 19.2 Å². The molecule has 20 heavy (non-hydrogen) atoms. The number of nitrogens with zero attached hydrogens (tertiary/aromatic N) is 2. The van der Waals surface area contributed by atoms with Crippen molar-refractivity contribution in [1.82, 2.24) is 9.55 Å². The van der Waals surface area contributed by atoms with Crippen LogP contribution in [0.5, 0.6) is 0 Å². The maximum atomic E-state index is 14.0. The van der Waals surface area contributed by atoms with Crippen molar-refractivity contribution in [2.45, 2.75) is 18.5 Å². The van der Waals surface area contributed by atoms with Gasteiger partial charge in [-0.3, -0.25) is 0 Å². The van der Waals surface area contributed by atoms with Gasteiger partial charge in [0.25, 0.3) is 0 Å². The van der Waals surface area contributed by atoms with Crippen LogP contribution in [-0.4, -0.2) is 9.55 Å². The average molecular weight is 307 g/mol. The molecule has 0 saturated heterocycles. The second-order valence-electron chi connectivity index (χ2n) is 4.41. The van der Waals surface area contributed by atoms with Crippen LogP contribution in [0.2, 0.25) is 0 Å². The highest BCUT2D eigenvalue weighted by Crippen LogP contribution is 2.32. The van der Waals surface area contributed by atoms with Gasteiger partial charge in [0.2, 0.25) is 0 Å². The zero-order chi connectivity index (χ0) is 15.1. The maximum Gasteiger partial charge on any atom is 0.434 e. The van der Waals surface area contributed by atoms with Crippen LogP contribution in [0.3, 0.4) is 0 Å². The number of hydrogen-bond donors (Lipinski definition) is 0. The molecule has 2 rings (SSSR count). The van der Waals surface area contributed by atoms with E-state index in [9.17, 15) is 17.6 Å². The van der Waals surface area contributed by atoms with Gasteiger partial charge in [0.05, 0.1) is 10.9 Å². The number of hydrogen-bond acceptors (Lipinski definition) is 1. The highest BCUT2D eigenvalue weighted by atomic mass is 35.5. The van der Waals surface area contributed by atoms with Crippen LogP contribution in [0.4, 0.5) is 17.6 Å². The number of aromatic nitrogens is 2. The van der Waals surface area contributed by atoms with Crippen molar-refractivity contribution < 1.29 is 17.6 Å². The molecule has 1 unspecified atom stereocenters. The molecule has 0 saturated carbocycles. The highest BCUT2D eigenvalue weighted by molar-refractivity contribution is 6.20. The Labute approximate surface area is 118 Å². The number of halogens is 5. The maximum absolute atomic E-state index is 14.0. The molecule has 2 nitrogen and oxygen atoms in total. The van der Waals surface area contributed by atoms with E-state index >= 15 is 0 Å². The number of alkyl halides is 4. The Hall–Kier alpha value is -1.56. The predicted molar refractivity (Wildman–Crippen MR) is 67.9 cm³/mol.